The molecule has 5 heteroatoms. The van der Waals surface area contributed by atoms with Crippen LogP contribution in [-0.2, 0) is 0 Å². The van der Waals surface area contributed by atoms with Gasteiger partial charge < -0.3 is 15.3 Å². The van der Waals surface area contributed by atoms with Gasteiger partial charge in [-0.25, -0.2) is 4.79 Å². The van der Waals surface area contributed by atoms with Crippen LogP contribution in [-0.4, -0.2) is 35.2 Å². The minimum absolute atomic E-state index is 0.0251. The number of nitrogens with one attached hydrogen (secondary N) is 1. The average molecular weight is 311 g/mol. The Morgan fingerprint density at radius 3 is 3.10 bits per heavy atom. The summed E-state index contributed by atoms with van der Waals surface area (Å²) in [6, 6.07) is 7.89. The highest BCUT2D eigenvalue weighted by molar-refractivity contribution is 6.30. The molecule has 21 heavy (non-hydrogen) atoms. The lowest BCUT2D eigenvalue weighted by Gasteiger charge is -2.27. The van der Waals surface area contributed by atoms with Crippen molar-refractivity contribution in [3.8, 4) is 0 Å². The Labute approximate surface area is 131 Å². The molecule has 1 saturated heterocycles. The highest BCUT2D eigenvalue weighted by atomic mass is 35.5. The largest absolute Gasteiger partial charge is 0.396 e. The van der Waals surface area contributed by atoms with Crippen molar-refractivity contribution in [2.45, 2.75) is 44.7 Å². The molecular weight excluding hydrogens is 288 g/mol. The van der Waals surface area contributed by atoms with Gasteiger partial charge in [0.1, 0.15) is 0 Å². The predicted octanol–water partition coefficient (Wildman–Crippen LogP) is 3.35. The van der Waals surface area contributed by atoms with Crippen LogP contribution >= 0.6 is 11.6 Å². The monoisotopic (exact) mass is 310 g/mol. The summed E-state index contributed by atoms with van der Waals surface area (Å²) in [7, 11) is 0. The Hall–Kier alpha value is -1.26. The van der Waals surface area contributed by atoms with E-state index in [1.54, 1.807) is 0 Å². The van der Waals surface area contributed by atoms with Crippen LogP contribution in [0.2, 0.25) is 5.02 Å². The normalized spacial score (nSPS) is 19.6. The first-order chi connectivity index (χ1) is 10.1. The summed E-state index contributed by atoms with van der Waals surface area (Å²) in [5.74, 6) is 0. The van der Waals surface area contributed by atoms with Crippen molar-refractivity contribution in [1.29, 1.82) is 0 Å². The third kappa shape index (κ3) is 4.35. The second-order valence-electron chi connectivity index (χ2n) is 5.62. The number of benzene rings is 1. The van der Waals surface area contributed by atoms with E-state index in [0.717, 1.165) is 31.4 Å². The summed E-state index contributed by atoms with van der Waals surface area (Å²) < 4.78 is 0. The van der Waals surface area contributed by atoms with Crippen molar-refractivity contribution in [3.05, 3.63) is 34.9 Å². The third-order valence-electron chi connectivity index (χ3n) is 3.91. The average Bonchev–Trinajstić information content (AvgIpc) is 2.94. The van der Waals surface area contributed by atoms with Crippen LogP contribution in [0, 0.1) is 0 Å². The number of hydrogen-bond acceptors (Lipinski definition) is 2. The maximum Gasteiger partial charge on any atom is 0.318 e. The summed E-state index contributed by atoms with van der Waals surface area (Å²) in [6.07, 6.45) is 3.48. The van der Waals surface area contributed by atoms with Crippen LogP contribution in [0.4, 0.5) is 4.79 Å². The van der Waals surface area contributed by atoms with E-state index in [1.807, 2.05) is 36.1 Å². The molecule has 1 aromatic carbocycles. The summed E-state index contributed by atoms with van der Waals surface area (Å²) in [5.41, 5.74) is 1.10. The number of urea groups is 1. The number of aliphatic hydroxyl groups excluding tert-OH is 1. The molecule has 1 fully saturated rings. The Balaban J connectivity index is 1.99. The van der Waals surface area contributed by atoms with E-state index in [2.05, 4.69) is 5.32 Å². The van der Waals surface area contributed by atoms with Crippen molar-refractivity contribution in [2.75, 3.05) is 13.2 Å². The fourth-order valence-corrected chi connectivity index (χ4v) is 3.03. The van der Waals surface area contributed by atoms with Crippen LogP contribution in [0.1, 0.15) is 44.2 Å². The molecule has 2 N–H and O–H groups in total. The van der Waals surface area contributed by atoms with Gasteiger partial charge in [-0.05, 0) is 50.3 Å². The van der Waals surface area contributed by atoms with E-state index in [1.165, 1.54) is 0 Å². The second-order valence-corrected chi connectivity index (χ2v) is 6.06. The van der Waals surface area contributed by atoms with E-state index in [-0.39, 0.29) is 24.7 Å². The van der Waals surface area contributed by atoms with Crippen LogP contribution < -0.4 is 5.32 Å². The maximum absolute atomic E-state index is 12.4. The van der Waals surface area contributed by atoms with Crippen molar-refractivity contribution in [3.63, 3.8) is 0 Å². The molecule has 0 radical (unpaired) electrons. The molecule has 1 heterocycles. The zero-order chi connectivity index (χ0) is 15.2. The van der Waals surface area contributed by atoms with Gasteiger partial charge in [-0.1, -0.05) is 23.7 Å². The summed E-state index contributed by atoms with van der Waals surface area (Å²) in [5, 5.41) is 12.6. The molecule has 116 valence electrons. The van der Waals surface area contributed by atoms with E-state index >= 15 is 0 Å². The minimum atomic E-state index is -0.0251. The molecule has 0 aromatic heterocycles. The molecule has 0 aliphatic carbocycles. The predicted molar refractivity (Wildman–Crippen MR) is 84.4 cm³/mol. The van der Waals surface area contributed by atoms with Gasteiger partial charge in [-0.15, -0.1) is 0 Å². The number of likely N-dealkylation sites (tertiary alicyclic amines) is 1. The maximum atomic E-state index is 12.4. The van der Waals surface area contributed by atoms with E-state index in [4.69, 9.17) is 16.7 Å². The Morgan fingerprint density at radius 2 is 2.38 bits per heavy atom. The van der Waals surface area contributed by atoms with Crippen LogP contribution in [0.5, 0.6) is 0 Å². The molecule has 0 spiro atoms. The molecule has 0 bridgehead atoms. The molecule has 0 saturated carbocycles. The van der Waals surface area contributed by atoms with Gasteiger partial charge in [0.15, 0.2) is 0 Å². The number of aliphatic hydroxyl groups is 1. The fraction of sp³-hybridized carbons (Fsp3) is 0.562. The van der Waals surface area contributed by atoms with Gasteiger partial charge in [-0.3, -0.25) is 0 Å². The zero-order valence-corrected chi connectivity index (χ0v) is 13.1. The summed E-state index contributed by atoms with van der Waals surface area (Å²) in [6.45, 7) is 2.91. The van der Waals surface area contributed by atoms with E-state index in [9.17, 15) is 4.79 Å². The number of nitrogens with zero attached hydrogens (tertiary/aromatic N) is 1. The molecule has 2 rings (SSSR count). The van der Waals surface area contributed by atoms with Crippen molar-refractivity contribution < 1.29 is 9.90 Å². The molecule has 2 atom stereocenters. The Kier molecular flexibility index (Phi) is 5.88. The smallest absolute Gasteiger partial charge is 0.318 e. The number of carbonyl (C=O) groups excluding carboxylic acids is 1. The van der Waals surface area contributed by atoms with Crippen LogP contribution in [0.15, 0.2) is 24.3 Å². The second kappa shape index (κ2) is 7.66. The van der Waals surface area contributed by atoms with Gasteiger partial charge in [0.05, 0.1) is 6.04 Å². The highest BCUT2D eigenvalue weighted by Gasteiger charge is 2.30. The molecule has 2 amide bonds. The molecule has 1 aliphatic rings. The van der Waals surface area contributed by atoms with E-state index in [0.29, 0.717) is 11.4 Å². The van der Waals surface area contributed by atoms with Crippen molar-refractivity contribution in [1.82, 2.24) is 10.2 Å². The topological polar surface area (TPSA) is 52.6 Å². The molecule has 1 aliphatic heterocycles. The first-order valence-corrected chi connectivity index (χ1v) is 7.93. The van der Waals surface area contributed by atoms with Crippen molar-refractivity contribution in [2.24, 2.45) is 0 Å². The quantitative estimate of drug-likeness (QED) is 0.876. The lowest BCUT2D eigenvalue weighted by Crippen LogP contribution is -2.43. The summed E-state index contributed by atoms with van der Waals surface area (Å²) >= 11 is 6.05. The van der Waals surface area contributed by atoms with Gasteiger partial charge in [0.2, 0.25) is 0 Å². The Morgan fingerprint density at radius 1 is 1.57 bits per heavy atom. The zero-order valence-electron chi connectivity index (χ0n) is 12.4. The van der Waals surface area contributed by atoms with Gasteiger partial charge in [0.25, 0.3) is 0 Å². The molecular formula is C16H23ClN2O2. The van der Waals surface area contributed by atoms with E-state index < -0.39 is 0 Å². The first kappa shape index (κ1) is 16.1. The third-order valence-corrected chi connectivity index (χ3v) is 4.15. The molecule has 2 unspecified atom stereocenters. The number of carbonyl (C=O) groups is 1. The SMILES string of the molecule is CC(CCCO)NC(=O)N1CCCC1c1cccc(Cl)c1. The van der Waals surface area contributed by atoms with Crippen LogP contribution in [0.25, 0.3) is 0 Å². The lowest BCUT2D eigenvalue weighted by molar-refractivity contribution is 0.188. The number of amides is 2. The van der Waals surface area contributed by atoms with Crippen molar-refractivity contribution >= 4 is 17.6 Å². The van der Waals surface area contributed by atoms with Gasteiger partial charge in [-0.2, -0.15) is 0 Å². The Bertz CT molecular complexity index is 481. The number of hydrogen-bond donors (Lipinski definition) is 2. The van der Waals surface area contributed by atoms with Gasteiger partial charge in [0, 0.05) is 24.2 Å². The fourth-order valence-electron chi connectivity index (χ4n) is 2.83. The first-order valence-electron chi connectivity index (χ1n) is 7.55. The standard InChI is InChI=1S/C16H23ClN2O2/c1-12(5-4-10-20)18-16(21)19-9-3-8-15(19)13-6-2-7-14(17)11-13/h2,6-7,11-12,15,20H,3-5,8-10H2,1H3,(H,18,21). The highest BCUT2D eigenvalue weighted by Crippen LogP contribution is 2.32. The molecule has 4 nitrogen and oxygen atoms in total. The summed E-state index contributed by atoms with van der Waals surface area (Å²) in [4.78, 5) is 14.3. The van der Waals surface area contributed by atoms with Crippen LogP contribution in [0.3, 0.4) is 0 Å². The number of rotatable bonds is 5. The lowest BCUT2D eigenvalue weighted by atomic mass is 10.0. The minimum Gasteiger partial charge on any atom is -0.396 e. The molecule has 1 aromatic rings. The number of halogens is 1. The van der Waals surface area contributed by atoms with Gasteiger partial charge >= 0.3 is 6.03 Å².